The molecule has 1 aliphatic rings. The van der Waals surface area contributed by atoms with E-state index in [0.717, 1.165) is 22.3 Å². The Hall–Kier alpha value is -3.44. The maximum atomic E-state index is 12.6. The molecular weight excluding hydrogens is 563 g/mol. The van der Waals surface area contributed by atoms with E-state index < -0.39 is 24.1 Å². The molecule has 1 unspecified atom stereocenters. The molecule has 0 fully saturated rings. The van der Waals surface area contributed by atoms with E-state index in [1.807, 2.05) is 46.9 Å². The lowest BCUT2D eigenvalue weighted by atomic mass is 9.98. The first-order valence-electron chi connectivity index (χ1n) is 10.8. The molecule has 0 aromatic heterocycles. The monoisotopic (exact) mass is 586 g/mol. The second-order valence-corrected chi connectivity index (χ2v) is 9.08. The average molecular weight is 586 g/mol. The molecule has 0 aliphatic heterocycles. The quantitative estimate of drug-likeness (QED) is 0.336. The maximum Gasteiger partial charge on any atom is 0.411 e. The molecule has 3 aromatic rings. The van der Waals surface area contributed by atoms with Crippen LogP contribution in [0, 0.1) is 3.57 Å². The first-order valence-corrected chi connectivity index (χ1v) is 11.9. The minimum atomic E-state index is -1.16. The topological polar surface area (TPSA) is 114 Å². The van der Waals surface area contributed by atoms with Gasteiger partial charge in [-0.05, 0) is 63.0 Å². The molecule has 0 saturated heterocycles. The molecule has 0 spiro atoms. The normalized spacial score (nSPS) is 12.9. The summed E-state index contributed by atoms with van der Waals surface area (Å²) in [7, 11) is 1.26. The summed E-state index contributed by atoms with van der Waals surface area (Å²) in [5.41, 5.74) is 5.39. The maximum absolute atomic E-state index is 12.6. The second-order valence-electron chi connectivity index (χ2n) is 7.92. The molecule has 2 amide bonds. The molecule has 35 heavy (non-hydrogen) atoms. The SMILES string of the molecule is COC(CNC(=O)c1ccc(NC(=O)OCC2c3ccccc3-c3ccccc32)c(I)c1)C(=O)O. The average Bonchev–Trinajstić information content (AvgIpc) is 3.17. The van der Waals surface area contributed by atoms with Gasteiger partial charge in [0.15, 0.2) is 6.10 Å². The highest BCUT2D eigenvalue weighted by Crippen LogP contribution is 2.44. The van der Waals surface area contributed by atoms with Crippen molar-refractivity contribution in [1.29, 1.82) is 0 Å². The van der Waals surface area contributed by atoms with Gasteiger partial charge in [-0.3, -0.25) is 10.1 Å². The van der Waals surface area contributed by atoms with Gasteiger partial charge in [-0.2, -0.15) is 0 Å². The van der Waals surface area contributed by atoms with Crippen molar-refractivity contribution in [3.63, 3.8) is 0 Å². The van der Waals surface area contributed by atoms with Crippen molar-refractivity contribution in [2.24, 2.45) is 0 Å². The lowest BCUT2D eigenvalue weighted by Crippen LogP contribution is -2.37. The molecule has 0 heterocycles. The number of amides is 2. The van der Waals surface area contributed by atoms with Crippen molar-refractivity contribution in [3.05, 3.63) is 87.0 Å². The standard InChI is InChI=1S/C26H23IN2O6/c1-34-23(25(31)32)13-28-24(30)15-10-11-22(21(27)12-15)29-26(33)35-14-20-18-8-4-2-6-16(18)17-7-3-5-9-19(17)20/h2-12,20,23H,13-14H2,1H3,(H,28,30)(H,29,33)(H,31,32). The molecular formula is C26H23IN2O6. The Labute approximate surface area is 215 Å². The molecule has 0 bridgehead atoms. The van der Waals surface area contributed by atoms with Crippen molar-refractivity contribution >= 4 is 46.2 Å². The largest absolute Gasteiger partial charge is 0.479 e. The van der Waals surface area contributed by atoms with Gasteiger partial charge in [0.05, 0.1) is 12.2 Å². The first-order chi connectivity index (χ1) is 16.9. The number of ether oxygens (including phenoxy) is 2. The molecule has 4 rings (SSSR count). The van der Waals surface area contributed by atoms with Crippen molar-refractivity contribution in [3.8, 4) is 11.1 Å². The molecule has 0 radical (unpaired) electrons. The van der Waals surface area contributed by atoms with Crippen molar-refractivity contribution in [1.82, 2.24) is 5.32 Å². The predicted octanol–water partition coefficient (Wildman–Crippen LogP) is 4.48. The fourth-order valence-corrected chi connectivity index (χ4v) is 4.71. The summed E-state index contributed by atoms with van der Waals surface area (Å²) >= 11 is 2.01. The number of carbonyl (C=O) groups excluding carboxylic acids is 2. The summed E-state index contributed by atoms with van der Waals surface area (Å²) in [6.07, 6.45) is -1.72. The fourth-order valence-electron chi connectivity index (χ4n) is 4.06. The number of methoxy groups -OCH3 is 1. The first kappa shape index (κ1) is 24.7. The van der Waals surface area contributed by atoms with Gasteiger partial charge < -0.3 is 19.9 Å². The van der Waals surface area contributed by atoms with E-state index in [0.29, 0.717) is 14.8 Å². The number of nitrogens with one attached hydrogen (secondary N) is 2. The van der Waals surface area contributed by atoms with E-state index in [9.17, 15) is 14.4 Å². The van der Waals surface area contributed by atoms with Gasteiger partial charge in [0, 0.05) is 22.2 Å². The van der Waals surface area contributed by atoms with E-state index in [-0.39, 0.29) is 19.1 Å². The number of aliphatic carboxylic acids is 1. The number of hydrogen-bond donors (Lipinski definition) is 3. The lowest BCUT2D eigenvalue weighted by Gasteiger charge is -2.15. The summed E-state index contributed by atoms with van der Waals surface area (Å²) in [4.78, 5) is 35.9. The third-order valence-corrected chi connectivity index (χ3v) is 6.71. The van der Waals surface area contributed by atoms with Crippen LogP contribution in [0.3, 0.4) is 0 Å². The number of fused-ring (bicyclic) bond motifs is 3. The van der Waals surface area contributed by atoms with Gasteiger partial charge in [-0.1, -0.05) is 48.5 Å². The minimum Gasteiger partial charge on any atom is -0.479 e. The van der Waals surface area contributed by atoms with Crippen LogP contribution in [-0.2, 0) is 14.3 Å². The van der Waals surface area contributed by atoms with Crippen LogP contribution in [0.15, 0.2) is 66.7 Å². The van der Waals surface area contributed by atoms with Crippen molar-refractivity contribution < 1.29 is 29.0 Å². The molecule has 1 atom stereocenters. The van der Waals surface area contributed by atoms with Gasteiger partial charge >= 0.3 is 12.1 Å². The van der Waals surface area contributed by atoms with Crippen LogP contribution in [0.5, 0.6) is 0 Å². The third-order valence-electron chi connectivity index (χ3n) is 5.82. The highest BCUT2D eigenvalue weighted by molar-refractivity contribution is 14.1. The van der Waals surface area contributed by atoms with Gasteiger partial charge in [0.1, 0.15) is 6.61 Å². The van der Waals surface area contributed by atoms with Gasteiger partial charge in [0.2, 0.25) is 0 Å². The Kier molecular flexibility index (Phi) is 7.67. The highest BCUT2D eigenvalue weighted by atomic mass is 127. The Morgan fingerprint density at radius 1 is 1.00 bits per heavy atom. The number of carboxylic acids is 1. The summed E-state index contributed by atoms with van der Waals surface area (Å²) < 4.78 is 11.0. The Morgan fingerprint density at radius 3 is 2.20 bits per heavy atom. The van der Waals surface area contributed by atoms with Gasteiger partial charge in [-0.25, -0.2) is 9.59 Å². The smallest absolute Gasteiger partial charge is 0.411 e. The van der Waals surface area contributed by atoms with Crippen LogP contribution >= 0.6 is 22.6 Å². The number of anilines is 1. The zero-order valence-electron chi connectivity index (χ0n) is 18.8. The van der Waals surface area contributed by atoms with E-state index in [1.165, 1.54) is 7.11 Å². The van der Waals surface area contributed by atoms with Gasteiger partial charge in [-0.15, -0.1) is 0 Å². The van der Waals surface area contributed by atoms with E-state index >= 15 is 0 Å². The Bertz CT molecular complexity index is 1230. The van der Waals surface area contributed by atoms with Crippen LogP contribution in [0.4, 0.5) is 10.5 Å². The molecule has 1 aliphatic carbocycles. The van der Waals surface area contributed by atoms with Gasteiger partial charge in [0.25, 0.3) is 5.91 Å². The van der Waals surface area contributed by atoms with Crippen LogP contribution < -0.4 is 10.6 Å². The number of carbonyl (C=O) groups is 3. The number of rotatable bonds is 8. The van der Waals surface area contributed by atoms with Crippen LogP contribution in [0.1, 0.15) is 27.4 Å². The predicted molar refractivity (Wildman–Crippen MR) is 139 cm³/mol. The molecule has 0 saturated carbocycles. The van der Waals surface area contributed by atoms with E-state index in [2.05, 4.69) is 34.9 Å². The number of benzene rings is 3. The number of hydrogen-bond acceptors (Lipinski definition) is 5. The van der Waals surface area contributed by atoms with Crippen molar-refractivity contribution in [2.45, 2.75) is 12.0 Å². The van der Waals surface area contributed by atoms with E-state index in [4.69, 9.17) is 14.6 Å². The zero-order valence-corrected chi connectivity index (χ0v) is 20.9. The zero-order chi connectivity index (χ0) is 24.9. The van der Waals surface area contributed by atoms with Crippen molar-refractivity contribution in [2.75, 3.05) is 25.6 Å². The summed E-state index contributed by atoms with van der Waals surface area (Å²) in [5, 5.41) is 14.3. The van der Waals surface area contributed by atoms with Crippen LogP contribution in [0.25, 0.3) is 11.1 Å². The number of carboxylic acid groups (broad SMARTS) is 1. The number of halogens is 1. The summed E-state index contributed by atoms with van der Waals surface area (Å²) in [6, 6.07) is 21.0. The van der Waals surface area contributed by atoms with Crippen LogP contribution in [0.2, 0.25) is 0 Å². The summed E-state index contributed by atoms with van der Waals surface area (Å²) in [6.45, 7) is 0.0299. The Balaban J connectivity index is 1.37. The molecule has 8 nitrogen and oxygen atoms in total. The molecule has 3 aromatic carbocycles. The minimum absolute atomic E-state index is 0.0416. The fraction of sp³-hybridized carbons (Fsp3) is 0.192. The third kappa shape index (κ3) is 5.46. The molecule has 180 valence electrons. The highest BCUT2D eigenvalue weighted by Gasteiger charge is 2.29. The van der Waals surface area contributed by atoms with E-state index in [1.54, 1.807) is 18.2 Å². The Morgan fingerprint density at radius 2 is 1.63 bits per heavy atom. The second kappa shape index (κ2) is 10.9. The molecule has 9 heteroatoms. The lowest BCUT2D eigenvalue weighted by molar-refractivity contribution is -0.148. The summed E-state index contributed by atoms with van der Waals surface area (Å²) in [5.74, 6) is -1.65. The molecule has 3 N–H and O–H groups in total. The van der Waals surface area contributed by atoms with Crippen LogP contribution in [-0.4, -0.2) is 49.4 Å².